The van der Waals surface area contributed by atoms with Gasteiger partial charge in [-0.05, 0) is 43.2 Å². The highest BCUT2D eigenvalue weighted by molar-refractivity contribution is 5.89. The summed E-state index contributed by atoms with van der Waals surface area (Å²) < 4.78 is 12.9. The summed E-state index contributed by atoms with van der Waals surface area (Å²) in [6.07, 6.45) is 3.91. The first-order chi connectivity index (χ1) is 11.9. The molecule has 4 rings (SSSR count). The lowest BCUT2D eigenvalue weighted by molar-refractivity contribution is -0.267. The molecule has 25 heavy (non-hydrogen) atoms. The molecule has 2 aliphatic heterocycles. The van der Waals surface area contributed by atoms with E-state index >= 15 is 0 Å². The third-order valence-electron chi connectivity index (χ3n) is 6.82. The first-order valence-corrected chi connectivity index (χ1v) is 9.54. The Morgan fingerprint density at radius 2 is 2.00 bits per heavy atom. The van der Waals surface area contributed by atoms with Crippen LogP contribution in [0.25, 0.3) is 0 Å². The third-order valence-corrected chi connectivity index (χ3v) is 6.82. The van der Waals surface area contributed by atoms with E-state index in [1.54, 1.807) is 12.1 Å². The Morgan fingerprint density at radius 1 is 1.28 bits per heavy atom. The van der Waals surface area contributed by atoms with E-state index in [4.69, 9.17) is 9.47 Å². The highest BCUT2D eigenvalue weighted by atomic mass is 16.7. The molecule has 3 aliphatic rings. The molecule has 3 nitrogen and oxygen atoms in total. The maximum Gasteiger partial charge on any atom is 0.340 e. The van der Waals surface area contributed by atoms with E-state index in [-0.39, 0.29) is 17.5 Å². The van der Waals surface area contributed by atoms with Gasteiger partial charge < -0.3 is 9.47 Å². The van der Waals surface area contributed by atoms with Crippen LogP contribution in [0.4, 0.5) is 0 Å². The molecule has 5 unspecified atom stereocenters. The monoisotopic (exact) mass is 340 g/mol. The Morgan fingerprint density at radius 3 is 2.68 bits per heavy atom. The van der Waals surface area contributed by atoms with Gasteiger partial charge in [0, 0.05) is 18.3 Å². The first-order valence-electron chi connectivity index (χ1n) is 9.54. The first kappa shape index (κ1) is 16.8. The Hall–Kier alpha value is -1.61. The molecule has 2 heterocycles. The second-order valence-corrected chi connectivity index (χ2v) is 8.55. The lowest BCUT2D eigenvalue weighted by Crippen LogP contribution is -2.51. The topological polar surface area (TPSA) is 35.5 Å². The van der Waals surface area contributed by atoms with Crippen LogP contribution in [0.15, 0.2) is 42.5 Å². The molecule has 0 amide bonds. The van der Waals surface area contributed by atoms with Gasteiger partial charge in [-0.25, -0.2) is 4.79 Å². The van der Waals surface area contributed by atoms with Gasteiger partial charge in [-0.2, -0.15) is 0 Å². The van der Waals surface area contributed by atoms with Gasteiger partial charge in [0.1, 0.15) is 0 Å². The zero-order chi connectivity index (χ0) is 17.8. The quantitative estimate of drug-likeness (QED) is 0.575. The average Bonchev–Trinajstić information content (AvgIpc) is 3.05. The van der Waals surface area contributed by atoms with Crippen molar-refractivity contribution in [2.45, 2.75) is 57.8 Å². The summed E-state index contributed by atoms with van der Waals surface area (Å²) in [4.78, 5) is 12.8. The van der Waals surface area contributed by atoms with E-state index in [2.05, 4.69) is 27.4 Å². The maximum absolute atomic E-state index is 12.8. The average molecular weight is 340 g/mol. The van der Waals surface area contributed by atoms with Gasteiger partial charge >= 0.3 is 5.97 Å². The molecule has 0 aromatic heterocycles. The summed E-state index contributed by atoms with van der Waals surface area (Å²) >= 11 is 0. The van der Waals surface area contributed by atoms with Crippen molar-refractivity contribution in [3.63, 3.8) is 0 Å². The van der Waals surface area contributed by atoms with E-state index < -0.39 is 5.79 Å². The molecule has 2 saturated heterocycles. The molecule has 1 aromatic carbocycles. The van der Waals surface area contributed by atoms with Gasteiger partial charge in [-0.3, -0.25) is 0 Å². The van der Waals surface area contributed by atoms with Crippen LogP contribution in [0.3, 0.4) is 0 Å². The van der Waals surface area contributed by atoms with Crippen LogP contribution in [-0.4, -0.2) is 17.4 Å². The number of fused-ring (bicyclic) bond motifs is 1. The molecule has 1 aromatic rings. The molecule has 3 heteroatoms. The zero-order valence-corrected chi connectivity index (χ0v) is 15.5. The third kappa shape index (κ3) is 2.39. The largest absolute Gasteiger partial charge is 0.429 e. The minimum Gasteiger partial charge on any atom is -0.429 e. The van der Waals surface area contributed by atoms with Gasteiger partial charge in [-0.1, -0.05) is 51.1 Å². The van der Waals surface area contributed by atoms with Crippen molar-refractivity contribution >= 4 is 5.97 Å². The van der Waals surface area contributed by atoms with Crippen LogP contribution in [0.5, 0.6) is 0 Å². The van der Waals surface area contributed by atoms with Crippen molar-refractivity contribution in [3.05, 3.63) is 48.0 Å². The van der Waals surface area contributed by atoms with Crippen LogP contribution in [-0.2, 0) is 9.47 Å². The fourth-order valence-corrected chi connectivity index (χ4v) is 5.52. The van der Waals surface area contributed by atoms with Crippen molar-refractivity contribution in [1.82, 2.24) is 0 Å². The summed E-state index contributed by atoms with van der Waals surface area (Å²) in [5.41, 5.74) is 1.59. The molecule has 1 aliphatic carbocycles. The molecule has 5 atom stereocenters. The number of benzene rings is 1. The Balaban J connectivity index is 1.71. The second-order valence-electron chi connectivity index (χ2n) is 8.55. The molecular weight excluding hydrogens is 312 g/mol. The molecule has 1 spiro atoms. The number of esters is 1. The van der Waals surface area contributed by atoms with E-state index in [1.165, 1.54) is 5.57 Å². The SMILES string of the molecule is C=C1CC2(OC(=O)c3ccccc3)OC3(CC2C(C)C)C(C)CCC13. The molecule has 0 N–H and O–H groups in total. The predicted molar refractivity (Wildman–Crippen MR) is 97.0 cm³/mol. The highest BCUT2D eigenvalue weighted by Crippen LogP contribution is 2.64. The van der Waals surface area contributed by atoms with Gasteiger partial charge in [0.05, 0.1) is 11.2 Å². The number of hydrogen-bond donors (Lipinski definition) is 0. The smallest absolute Gasteiger partial charge is 0.340 e. The number of carbonyl (C=O) groups is 1. The van der Waals surface area contributed by atoms with Crippen LogP contribution in [0.1, 0.15) is 56.8 Å². The summed E-state index contributed by atoms with van der Waals surface area (Å²) in [7, 11) is 0. The van der Waals surface area contributed by atoms with Crippen LogP contribution < -0.4 is 0 Å². The number of carbonyl (C=O) groups excluding carboxylic acids is 1. The Labute approximate surface area is 150 Å². The maximum atomic E-state index is 12.8. The normalized spacial score (nSPS) is 39.5. The molecule has 134 valence electrons. The van der Waals surface area contributed by atoms with Gasteiger partial charge in [0.2, 0.25) is 5.79 Å². The van der Waals surface area contributed by atoms with Crippen molar-refractivity contribution in [2.75, 3.05) is 0 Å². The molecule has 0 radical (unpaired) electrons. The summed E-state index contributed by atoms with van der Waals surface area (Å²) in [6.45, 7) is 11.1. The van der Waals surface area contributed by atoms with E-state index in [1.807, 2.05) is 18.2 Å². The number of ether oxygens (including phenoxy) is 2. The lowest BCUT2D eigenvalue weighted by Gasteiger charge is -2.45. The fraction of sp³-hybridized carbons (Fsp3) is 0.591. The minimum absolute atomic E-state index is 0.193. The van der Waals surface area contributed by atoms with Gasteiger partial charge in [0.25, 0.3) is 0 Å². The predicted octanol–water partition coefficient (Wildman–Crippen LogP) is 4.98. The van der Waals surface area contributed by atoms with Crippen LogP contribution >= 0.6 is 0 Å². The molecule has 3 fully saturated rings. The number of rotatable bonds is 3. The summed E-state index contributed by atoms with van der Waals surface area (Å²) in [6, 6.07) is 9.22. The van der Waals surface area contributed by atoms with Gasteiger partial charge in [-0.15, -0.1) is 0 Å². The number of hydrogen-bond acceptors (Lipinski definition) is 3. The van der Waals surface area contributed by atoms with Gasteiger partial charge in [0.15, 0.2) is 0 Å². The Kier molecular flexibility index (Phi) is 3.84. The summed E-state index contributed by atoms with van der Waals surface area (Å²) in [5, 5.41) is 0. The van der Waals surface area contributed by atoms with Crippen molar-refractivity contribution in [1.29, 1.82) is 0 Å². The van der Waals surface area contributed by atoms with Crippen molar-refractivity contribution in [2.24, 2.45) is 23.7 Å². The van der Waals surface area contributed by atoms with E-state index in [9.17, 15) is 4.79 Å². The van der Waals surface area contributed by atoms with Crippen LogP contribution in [0.2, 0.25) is 0 Å². The Bertz CT molecular complexity index is 694. The van der Waals surface area contributed by atoms with E-state index in [0.717, 1.165) is 19.3 Å². The second kappa shape index (κ2) is 5.70. The minimum atomic E-state index is -0.854. The summed E-state index contributed by atoms with van der Waals surface area (Å²) in [5.74, 6) is 0.348. The fourth-order valence-electron chi connectivity index (χ4n) is 5.52. The zero-order valence-electron chi connectivity index (χ0n) is 15.5. The van der Waals surface area contributed by atoms with Crippen molar-refractivity contribution in [3.8, 4) is 0 Å². The van der Waals surface area contributed by atoms with E-state index in [0.29, 0.717) is 29.7 Å². The molecule has 2 bridgehead atoms. The molecular formula is C22H28O3. The highest BCUT2D eigenvalue weighted by Gasteiger charge is 2.68. The van der Waals surface area contributed by atoms with Crippen LogP contribution in [0, 0.1) is 23.7 Å². The van der Waals surface area contributed by atoms with Crippen molar-refractivity contribution < 1.29 is 14.3 Å². The standard InChI is InChI=1S/C22H28O3/c1-14(2)19-13-21-16(4)10-11-18(21)15(3)12-22(19,25-21)24-20(23)17-8-6-5-7-9-17/h5-9,14,16,18-19H,3,10-13H2,1-2,4H3. The lowest BCUT2D eigenvalue weighted by atomic mass is 9.77. The molecule has 1 saturated carbocycles.